The molecule has 0 saturated heterocycles. The first-order valence-corrected chi connectivity index (χ1v) is 10.3. The highest BCUT2D eigenvalue weighted by atomic mass is 19.1. The molecule has 0 atom stereocenters. The molecule has 1 saturated carbocycles. The summed E-state index contributed by atoms with van der Waals surface area (Å²) < 4.78 is 26.6. The number of oxazole rings is 2. The van der Waals surface area contributed by atoms with E-state index in [1.165, 1.54) is 16.7 Å². The average molecular weight is 428 g/mol. The maximum Gasteiger partial charge on any atom is 0.353 e. The Bertz CT molecular complexity index is 1530. The van der Waals surface area contributed by atoms with Gasteiger partial charge >= 0.3 is 5.69 Å². The van der Waals surface area contributed by atoms with Crippen LogP contribution in [0.25, 0.3) is 39.7 Å². The van der Waals surface area contributed by atoms with Crippen LogP contribution < -0.4 is 5.69 Å². The summed E-state index contributed by atoms with van der Waals surface area (Å²) in [6.45, 7) is 1.78. The second-order valence-corrected chi connectivity index (χ2v) is 7.87. The fourth-order valence-corrected chi connectivity index (χ4v) is 3.74. The number of rotatable bonds is 4. The zero-order valence-electron chi connectivity index (χ0n) is 17.1. The summed E-state index contributed by atoms with van der Waals surface area (Å²) in [5.41, 5.74) is 2.96. The van der Waals surface area contributed by atoms with Crippen LogP contribution in [-0.2, 0) is 0 Å². The maximum absolute atomic E-state index is 13.5. The number of hydrogen-bond acceptors (Lipinski definition) is 6. The van der Waals surface area contributed by atoms with Gasteiger partial charge in [-0.1, -0.05) is 0 Å². The zero-order chi connectivity index (χ0) is 21.8. The van der Waals surface area contributed by atoms with E-state index < -0.39 is 5.69 Å². The molecule has 5 aromatic rings. The lowest BCUT2D eigenvalue weighted by atomic mass is 10.1. The predicted molar refractivity (Wildman–Crippen MR) is 115 cm³/mol. The molecule has 1 aliphatic rings. The topological polar surface area (TPSA) is 87.0 Å². The Balaban J connectivity index is 1.52. The van der Waals surface area contributed by atoms with Crippen LogP contribution in [-0.4, -0.2) is 19.5 Å². The van der Waals surface area contributed by atoms with Crippen LogP contribution in [0.15, 0.2) is 68.4 Å². The van der Waals surface area contributed by atoms with Crippen molar-refractivity contribution in [3.05, 3.63) is 82.6 Å². The molecule has 0 aliphatic heterocycles. The van der Waals surface area contributed by atoms with Crippen molar-refractivity contribution in [2.45, 2.75) is 25.7 Å². The SMILES string of the molecule is Cc1nc2ccc(-c3nc(-n4ccc(C5CC5)nc4=O)c(-c4ccc(F)cc4)o3)cc2o1. The van der Waals surface area contributed by atoms with Crippen molar-refractivity contribution < 1.29 is 13.2 Å². The van der Waals surface area contributed by atoms with E-state index in [-0.39, 0.29) is 5.82 Å². The first-order valence-electron chi connectivity index (χ1n) is 10.3. The summed E-state index contributed by atoms with van der Waals surface area (Å²) in [6, 6.07) is 13.1. The lowest BCUT2D eigenvalue weighted by Gasteiger charge is -2.05. The summed E-state index contributed by atoms with van der Waals surface area (Å²) in [4.78, 5) is 26.0. The quantitative estimate of drug-likeness (QED) is 0.399. The molecular weight excluding hydrogens is 411 g/mol. The Morgan fingerprint density at radius 3 is 2.50 bits per heavy atom. The van der Waals surface area contributed by atoms with Crippen molar-refractivity contribution in [2.24, 2.45) is 0 Å². The fourth-order valence-electron chi connectivity index (χ4n) is 3.74. The van der Waals surface area contributed by atoms with Gasteiger partial charge in [-0.05, 0) is 61.4 Å². The molecule has 2 aromatic carbocycles. The van der Waals surface area contributed by atoms with E-state index in [0.29, 0.717) is 46.0 Å². The van der Waals surface area contributed by atoms with E-state index in [1.807, 2.05) is 18.2 Å². The Labute approximate surface area is 181 Å². The van der Waals surface area contributed by atoms with Crippen LogP contribution in [0.4, 0.5) is 4.39 Å². The predicted octanol–water partition coefficient (Wildman–Crippen LogP) is 5.02. The standard InChI is InChI=1S/C24H17FN4O3/c1-13-26-19-9-6-16(12-20(19)31-13)23-28-22(21(32-23)15-4-7-17(25)8-5-15)29-11-10-18(14-2-3-14)27-24(29)30/h4-12,14H,2-3H2,1H3. The molecule has 3 heterocycles. The molecule has 6 rings (SSSR count). The molecule has 3 aromatic heterocycles. The Kier molecular flexibility index (Phi) is 4.07. The van der Waals surface area contributed by atoms with Gasteiger partial charge in [0.25, 0.3) is 0 Å². The minimum Gasteiger partial charge on any atom is -0.441 e. The number of benzene rings is 2. The minimum atomic E-state index is -0.432. The summed E-state index contributed by atoms with van der Waals surface area (Å²) in [6.07, 6.45) is 3.77. The van der Waals surface area contributed by atoms with E-state index in [2.05, 4.69) is 15.0 Å². The largest absolute Gasteiger partial charge is 0.441 e. The van der Waals surface area contributed by atoms with Crippen molar-refractivity contribution in [1.29, 1.82) is 0 Å². The molecule has 158 valence electrons. The number of aromatic nitrogens is 4. The molecular formula is C24H17FN4O3. The summed E-state index contributed by atoms with van der Waals surface area (Å²) in [5, 5.41) is 0. The molecule has 7 nitrogen and oxygen atoms in total. The molecule has 8 heteroatoms. The first-order chi connectivity index (χ1) is 15.5. The molecule has 32 heavy (non-hydrogen) atoms. The lowest BCUT2D eigenvalue weighted by molar-refractivity contribution is 0.560. The van der Waals surface area contributed by atoms with Crippen LogP contribution in [0.2, 0.25) is 0 Å². The second-order valence-electron chi connectivity index (χ2n) is 7.87. The van der Waals surface area contributed by atoms with Crippen LogP contribution in [0.1, 0.15) is 30.3 Å². The Morgan fingerprint density at radius 1 is 0.969 bits per heavy atom. The zero-order valence-corrected chi connectivity index (χ0v) is 17.1. The third-order valence-electron chi connectivity index (χ3n) is 5.51. The van der Waals surface area contributed by atoms with Crippen LogP contribution in [0.5, 0.6) is 0 Å². The van der Waals surface area contributed by atoms with Gasteiger partial charge in [0.15, 0.2) is 23.1 Å². The van der Waals surface area contributed by atoms with Crippen molar-refractivity contribution in [3.8, 4) is 28.6 Å². The van der Waals surface area contributed by atoms with Crippen molar-refractivity contribution in [3.63, 3.8) is 0 Å². The maximum atomic E-state index is 13.5. The Morgan fingerprint density at radius 2 is 1.75 bits per heavy atom. The molecule has 1 fully saturated rings. The molecule has 0 spiro atoms. The number of nitrogens with zero attached hydrogens (tertiary/aromatic N) is 4. The Hall–Kier alpha value is -4.07. The van der Waals surface area contributed by atoms with Crippen LogP contribution >= 0.6 is 0 Å². The number of aryl methyl sites for hydroxylation is 1. The van der Waals surface area contributed by atoms with Gasteiger partial charge < -0.3 is 8.83 Å². The second kappa shape index (κ2) is 6.98. The van der Waals surface area contributed by atoms with Gasteiger partial charge in [0.2, 0.25) is 5.89 Å². The number of hydrogen-bond donors (Lipinski definition) is 0. The lowest BCUT2D eigenvalue weighted by Crippen LogP contribution is -2.22. The first kappa shape index (κ1) is 18.7. The smallest absolute Gasteiger partial charge is 0.353 e. The molecule has 0 bridgehead atoms. The summed E-state index contributed by atoms with van der Waals surface area (Å²) in [7, 11) is 0. The average Bonchev–Trinajstić information content (AvgIpc) is 3.43. The summed E-state index contributed by atoms with van der Waals surface area (Å²) >= 11 is 0. The van der Waals surface area contributed by atoms with Gasteiger partial charge in [0, 0.05) is 30.2 Å². The highest BCUT2D eigenvalue weighted by Crippen LogP contribution is 2.38. The van der Waals surface area contributed by atoms with Gasteiger partial charge in [0.05, 0.1) is 5.69 Å². The van der Waals surface area contributed by atoms with Gasteiger partial charge in [-0.15, -0.1) is 0 Å². The third-order valence-corrected chi connectivity index (χ3v) is 5.51. The van der Waals surface area contributed by atoms with Crippen molar-refractivity contribution in [1.82, 2.24) is 19.5 Å². The highest BCUT2D eigenvalue weighted by molar-refractivity contribution is 5.79. The molecule has 0 unspecified atom stereocenters. The van der Waals surface area contributed by atoms with Crippen LogP contribution in [0.3, 0.4) is 0 Å². The van der Waals surface area contributed by atoms with E-state index >= 15 is 0 Å². The molecule has 0 radical (unpaired) electrons. The molecule has 0 N–H and O–H groups in total. The monoisotopic (exact) mass is 428 g/mol. The van der Waals surface area contributed by atoms with Gasteiger partial charge in [0.1, 0.15) is 11.3 Å². The third kappa shape index (κ3) is 3.20. The van der Waals surface area contributed by atoms with E-state index in [0.717, 1.165) is 24.1 Å². The molecule has 1 aliphatic carbocycles. The number of halogens is 1. The number of fused-ring (bicyclic) bond motifs is 1. The van der Waals surface area contributed by atoms with Gasteiger partial charge in [-0.25, -0.2) is 18.7 Å². The van der Waals surface area contributed by atoms with Gasteiger partial charge in [-0.2, -0.15) is 9.97 Å². The minimum absolute atomic E-state index is 0.292. The normalized spacial score (nSPS) is 13.7. The molecule has 0 amide bonds. The van der Waals surface area contributed by atoms with E-state index in [4.69, 9.17) is 8.83 Å². The van der Waals surface area contributed by atoms with Crippen molar-refractivity contribution >= 4 is 11.1 Å². The summed E-state index contributed by atoms with van der Waals surface area (Å²) in [5.74, 6) is 1.49. The van der Waals surface area contributed by atoms with Crippen molar-refractivity contribution in [2.75, 3.05) is 0 Å². The van der Waals surface area contributed by atoms with Gasteiger partial charge in [-0.3, -0.25) is 0 Å². The van der Waals surface area contributed by atoms with E-state index in [9.17, 15) is 9.18 Å². The fraction of sp³-hybridized carbons (Fsp3) is 0.167. The van der Waals surface area contributed by atoms with Crippen LogP contribution in [0, 0.1) is 12.7 Å². The van der Waals surface area contributed by atoms with E-state index in [1.54, 1.807) is 31.3 Å². The highest BCUT2D eigenvalue weighted by Gasteiger charge is 2.26.